The molecule has 0 bridgehead atoms. The number of rotatable bonds is 7. The molecule has 0 aromatic carbocycles. The highest BCUT2D eigenvalue weighted by atomic mass is 35.5. The summed E-state index contributed by atoms with van der Waals surface area (Å²) in [5.74, 6) is 0.355. The predicted molar refractivity (Wildman–Crippen MR) is 128 cm³/mol. The van der Waals surface area contributed by atoms with E-state index >= 15 is 0 Å². The molecule has 4 aromatic heterocycles. The lowest BCUT2D eigenvalue weighted by atomic mass is 10.0. The molecule has 0 spiro atoms. The highest BCUT2D eigenvalue weighted by molar-refractivity contribution is 6.39. The van der Waals surface area contributed by atoms with E-state index in [1.807, 2.05) is 0 Å². The van der Waals surface area contributed by atoms with E-state index < -0.39 is 0 Å². The molecule has 0 N–H and O–H groups in total. The van der Waals surface area contributed by atoms with Crippen LogP contribution in [0.25, 0.3) is 33.8 Å². The molecular weight excluding hydrogens is 479 g/mol. The molecule has 4 rings (SSSR count). The van der Waals surface area contributed by atoms with Crippen LogP contribution in [-0.4, -0.2) is 46.7 Å². The Hall–Kier alpha value is -3.88. The molecule has 0 radical (unpaired) electrons. The van der Waals surface area contributed by atoms with Crippen LogP contribution < -0.4 is 9.47 Å². The Morgan fingerprint density at radius 1 is 0.735 bits per heavy atom. The van der Waals surface area contributed by atoms with E-state index in [1.165, 1.54) is 14.2 Å². The van der Waals surface area contributed by atoms with Crippen LogP contribution in [0.4, 0.5) is 0 Å². The molecule has 0 saturated heterocycles. The lowest BCUT2D eigenvalue weighted by Gasteiger charge is -2.13. The zero-order valence-corrected chi connectivity index (χ0v) is 19.5. The standard InChI is InChI=1S/C24H16Cl2N4O4/c1-33-23-13(11-31)3-5-18(29-23)15-7-8-28-22(21(15)26)17-10-27-9-16(20(17)25)19-6-4-14(12-32)24(30-19)34-2/h3-12H,1-2H3. The molecule has 0 aliphatic heterocycles. The number of aromatic nitrogens is 4. The first-order valence-corrected chi connectivity index (χ1v) is 10.6. The quantitative estimate of drug-likeness (QED) is 0.322. The highest BCUT2D eigenvalue weighted by Crippen LogP contribution is 2.40. The number of carbonyl (C=O) groups is 2. The van der Waals surface area contributed by atoms with Crippen LogP contribution in [0.15, 0.2) is 48.9 Å². The highest BCUT2D eigenvalue weighted by Gasteiger charge is 2.19. The molecule has 0 atom stereocenters. The van der Waals surface area contributed by atoms with Gasteiger partial charge in [-0.2, -0.15) is 0 Å². The van der Waals surface area contributed by atoms with Crippen LogP contribution in [-0.2, 0) is 0 Å². The van der Waals surface area contributed by atoms with E-state index in [0.717, 1.165) is 0 Å². The normalized spacial score (nSPS) is 10.6. The summed E-state index contributed by atoms with van der Waals surface area (Å²) in [6, 6.07) is 8.20. The third-order valence-electron chi connectivity index (χ3n) is 5.00. The van der Waals surface area contributed by atoms with E-state index in [0.29, 0.717) is 67.5 Å². The first-order chi connectivity index (χ1) is 16.5. The summed E-state index contributed by atoms with van der Waals surface area (Å²) in [4.78, 5) is 39.8. The van der Waals surface area contributed by atoms with Crippen molar-refractivity contribution in [3.05, 3.63) is 70.1 Å². The Balaban J connectivity index is 1.83. The van der Waals surface area contributed by atoms with Gasteiger partial charge < -0.3 is 9.47 Å². The van der Waals surface area contributed by atoms with Gasteiger partial charge in [0.15, 0.2) is 12.6 Å². The van der Waals surface area contributed by atoms with Crippen molar-refractivity contribution < 1.29 is 19.1 Å². The van der Waals surface area contributed by atoms with E-state index in [9.17, 15) is 9.59 Å². The molecule has 4 aromatic rings. The average Bonchev–Trinajstić information content (AvgIpc) is 2.88. The molecule has 34 heavy (non-hydrogen) atoms. The number of hydrogen-bond acceptors (Lipinski definition) is 8. The fourth-order valence-corrected chi connectivity index (χ4v) is 3.92. The monoisotopic (exact) mass is 494 g/mol. The van der Waals surface area contributed by atoms with Crippen molar-refractivity contribution >= 4 is 35.8 Å². The van der Waals surface area contributed by atoms with Gasteiger partial charge in [-0.15, -0.1) is 0 Å². The molecule has 0 amide bonds. The molecule has 170 valence electrons. The molecule has 0 unspecified atom stereocenters. The topological polar surface area (TPSA) is 104 Å². The number of carbonyl (C=O) groups excluding carboxylic acids is 2. The number of pyridine rings is 4. The van der Waals surface area contributed by atoms with Gasteiger partial charge in [0.25, 0.3) is 0 Å². The van der Waals surface area contributed by atoms with Crippen molar-refractivity contribution in [1.82, 2.24) is 19.9 Å². The average molecular weight is 495 g/mol. The largest absolute Gasteiger partial charge is 0.480 e. The van der Waals surface area contributed by atoms with Crippen LogP contribution in [0.3, 0.4) is 0 Å². The summed E-state index contributed by atoms with van der Waals surface area (Å²) >= 11 is 13.5. The van der Waals surface area contributed by atoms with Gasteiger partial charge in [-0.3, -0.25) is 19.6 Å². The molecule has 0 fully saturated rings. The molecular formula is C24H16Cl2N4O4. The van der Waals surface area contributed by atoms with E-state index in [1.54, 1.807) is 48.9 Å². The lowest BCUT2D eigenvalue weighted by molar-refractivity contribution is 0.111. The fraction of sp³-hybridized carbons (Fsp3) is 0.0833. The second kappa shape index (κ2) is 9.94. The van der Waals surface area contributed by atoms with Gasteiger partial charge in [0.2, 0.25) is 11.8 Å². The fourth-order valence-electron chi connectivity index (χ4n) is 3.33. The van der Waals surface area contributed by atoms with Crippen LogP contribution in [0, 0.1) is 0 Å². The summed E-state index contributed by atoms with van der Waals surface area (Å²) in [6.07, 6.45) is 5.99. The first-order valence-electron chi connectivity index (χ1n) is 9.81. The van der Waals surface area contributed by atoms with Gasteiger partial charge in [0.1, 0.15) is 0 Å². The van der Waals surface area contributed by atoms with E-state index in [2.05, 4.69) is 19.9 Å². The molecule has 0 aliphatic rings. The van der Waals surface area contributed by atoms with Gasteiger partial charge in [0, 0.05) is 35.3 Å². The number of methoxy groups -OCH3 is 2. The minimum atomic E-state index is 0.172. The third kappa shape index (κ3) is 4.21. The molecule has 10 heteroatoms. The van der Waals surface area contributed by atoms with Crippen molar-refractivity contribution in [2.24, 2.45) is 0 Å². The Labute approximate surface area is 204 Å². The second-order valence-electron chi connectivity index (χ2n) is 6.90. The van der Waals surface area contributed by atoms with Crippen molar-refractivity contribution in [1.29, 1.82) is 0 Å². The number of halogens is 2. The van der Waals surface area contributed by atoms with E-state index in [-0.39, 0.29) is 11.8 Å². The smallest absolute Gasteiger partial charge is 0.224 e. The van der Waals surface area contributed by atoms with Gasteiger partial charge in [-0.25, -0.2) is 9.97 Å². The summed E-state index contributed by atoms with van der Waals surface area (Å²) in [5.41, 5.74) is 3.52. The van der Waals surface area contributed by atoms with Gasteiger partial charge >= 0.3 is 0 Å². The maximum absolute atomic E-state index is 11.2. The third-order valence-corrected chi connectivity index (χ3v) is 5.79. The first kappa shape index (κ1) is 23.3. The SMILES string of the molecule is COc1nc(-c2cncc(-c3nccc(-c4ccc(C=O)c(OC)n4)c3Cl)c2Cl)ccc1C=O. The Morgan fingerprint density at radius 2 is 1.29 bits per heavy atom. The molecule has 0 saturated carbocycles. The Bertz CT molecular complexity index is 1310. The summed E-state index contributed by atoms with van der Waals surface area (Å²) < 4.78 is 10.4. The predicted octanol–water partition coefficient (Wildman–Crippen LogP) is 5.22. The Kier molecular flexibility index (Phi) is 6.81. The summed E-state index contributed by atoms with van der Waals surface area (Å²) in [6.45, 7) is 0. The van der Waals surface area contributed by atoms with Gasteiger partial charge in [-0.1, -0.05) is 23.2 Å². The van der Waals surface area contributed by atoms with Gasteiger partial charge in [0.05, 0.1) is 52.5 Å². The maximum atomic E-state index is 11.2. The lowest BCUT2D eigenvalue weighted by Crippen LogP contribution is -1.98. The minimum absolute atomic E-state index is 0.172. The molecule has 4 heterocycles. The van der Waals surface area contributed by atoms with Crippen LogP contribution >= 0.6 is 23.2 Å². The second-order valence-corrected chi connectivity index (χ2v) is 7.65. The van der Waals surface area contributed by atoms with Crippen molar-refractivity contribution in [2.75, 3.05) is 14.2 Å². The molecule has 0 aliphatic carbocycles. The van der Waals surface area contributed by atoms with Crippen molar-refractivity contribution in [2.45, 2.75) is 0 Å². The zero-order chi connectivity index (χ0) is 24.2. The Morgan fingerprint density at radius 3 is 1.85 bits per heavy atom. The number of hydrogen-bond donors (Lipinski definition) is 0. The van der Waals surface area contributed by atoms with Crippen molar-refractivity contribution in [3.63, 3.8) is 0 Å². The molecule has 8 nitrogen and oxygen atoms in total. The van der Waals surface area contributed by atoms with E-state index in [4.69, 9.17) is 32.7 Å². The summed E-state index contributed by atoms with van der Waals surface area (Å²) in [7, 11) is 2.86. The minimum Gasteiger partial charge on any atom is -0.480 e. The van der Waals surface area contributed by atoms with Crippen LogP contribution in [0.2, 0.25) is 10.0 Å². The maximum Gasteiger partial charge on any atom is 0.224 e. The van der Waals surface area contributed by atoms with Crippen LogP contribution in [0.5, 0.6) is 11.8 Å². The number of aldehydes is 2. The zero-order valence-electron chi connectivity index (χ0n) is 18.0. The van der Waals surface area contributed by atoms with Crippen molar-refractivity contribution in [3.8, 4) is 45.5 Å². The number of nitrogens with zero attached hydrogens (tertiary/aromatic N) is 4. The summed E-state index contributed by atoms with van der Waals surface area (Å²) in [5, 5.41) is 0.607. The van der Waals surface area contributed by atoms with Crippen LogP contribution in [0.1, 0.15) is 20.7 Å². The number of ether oxygens (including phenoxy) is 2. The van der Waals surface area contributed by atoms with Gasteiger partial charge in [-0.05, 0) is 30.3 Å².